The number of hydrogen-bond acceptors (Lipinski definition) is 4. The summed E-state index contributed by atoms with van der Waals surface area (Å²) in [5.41, 5.74) is 9.52. The highest BCUT2D eigenvalue weighted by atomic mass is 32.1. The Kier molecular flexibility index (Phi) is 4.00. The van der Waals surface area contributed by atoms with E-state index in [1.807, 2.05) is 19.1 Å². The molecule has 0 radical (unpaired) electrons. The maximum Gasteiger partial charge on any atom is 0.251 e. The Balaban J connectivity index is 1.56. The normalized spacial score (nSPS) is 16.4. The number of thiophene rings is 1. The van der Waals surface area contributed by atoms with Crippen LogP contribution in [0.2, 0.25) is 0 Å². The Morgan fingerprint density at radius 2 is 2.04 bits per heavy atom. The third-order valence-corrected chi connectivity index (χ3v) is 6.38. The summed E-state index contributed by atoms with van der Waals surface area (Å²) in [6.07, 6.45) is 3.84. The lowest BCUT2D eigenvalue weighted by molar-refractivity contribution is -0.117. The van der Waals surface area contributed by atoms with Crippen LogP contribution in [0, 0.1) is 0 Å². The topological polar surface area (TPSA) is 75.4 Å². The lowest BCUT2D eigenvalue weighted by Gasteiger charge is -2.26. The molecule has 5 nitrogen and oxygen atoms in total. The van der Waals surface area contributed by atoms with E-state index in [4.69, 9.17) is 5.73 Å². The van der Waals surface area contributed by atoms with Gasteiger partial charge < -0.3 is 16.0 Å². The van der Waals surface area contributed by atoms with Crippen molar-refractivity contribution in [3.8, 4) is 0 Å². The number of fused-ring (bicyclic) bond motifs is 2. The molecule has 6 heteroatoms. The van der Waals surface area contributed by atoms with Gasteiger partial charge in [-0.2, -0.15) is 0 Å². The van der Waals surface area contributed by atoms with Gasteiger partial charge in [0.05, 0.1) is 5.56 Å². The predicted octanol–water partition coefficient (Wildman–Crippen LogP) is 2.73. The molecule has 0 spiro atoms. The van der Waals surface area contributed by atoms with Crippen LogP contribution in [0.3, 0.4) is 0 Å². The quantitative estimate of drug-likeness (QED) is 0.885. The number of nitrogens with one attached hydrogen (secondary N) is 1. The Bertz CT molecular complexity index is 858. The van der Waals surface area contributed by atoms with Gasteiger partial charge in [-0.3, -0.25) is 9.59 Å². The predicted molar refractivity (Wildman–Crippen MR) is 100 cm³/mol. The molecule has 1 atom stereocenters. The average molecular weight is 355 g/mol. The molecule has 3 N–H and O–H groups in total. The molecule has 0 saturated carbocycles. The van der Waals surface area contributed by atoms with Gasteiger partial charge in [-0.25, -0.2) is 0 Å². The first kappa shape index (κ1) is 16.1. The third kappa shape index (κ3) is 2.70. The van der Waals surface area contributed by atoms with Gasteiger partial charge in [0.1, 0.15) is 11.0 Å². The van der Waals surface area contributed by atoms with Crippen molar-refractivity contribution in [1.29, 1.82) is 0 Å². The number of carbonyl (C=O) groups excluding carboxylic acids is 2. The van der Waals surface area contributed by atoms with Crippen LogP contribution in [0.1, 0.15) is 39.7 Å². The number of amides is 2. The molecule has 0 fully saturated rings. The SMILES string of the molecule is C[C@@H](C(=O)Nc1sc2c(c1C(N)=O)CCC2)N1CCc2ccccc21. The third-order valence-electron chi connectivity index (χ3n) is 5.17. The van der Waals surface area contributed by atoms with Crippen molar-refractivity contribution in [3.63, 3.8) is 0 Å². The Hall–Kier alpha value is -2.34. The van der Waals surface area contributed by atoms with Crippen molar-refractivity contribution in [3.05, 3.63) is 45.8 Å². The zero-order valence-electron chi connectivity index (χ0n) is 14.2. The van der Waals surface area contributed by atoms with E-state index < -0.39 is 5.91 Å². The first-order valence-corrected chi connectivity index (χ1v) is 9.47. The van der Waals surface area contributed by atoms with E-state index in [1.165, 1.54) is 21.8 Å². The maximum absolute atomic E-state index is 12.8. The van der Waals surface area contributed by atoms with Crippen LogP contribution < -0.4 is 16.0 Å². The van der Waals surface area contributed by atoms with E-state index in [0.29, 0.717) is 10.6 Å². The van der Waals surface area contributed by atoms with E-state index in [1.54, 1.807) is 0 Å². The summed E-state index contributed by atoms with van der Waals surface area (Å²) in [6, 6.07) is 7.88. The van der Waals surface area contributed by atoms with Gasteiger partial charge in [-0.1, -0.05) is 18.2 Å². The van der Waals surface area contributed by atoms with Crippen LogP contribution in [-0.4, -0.2) is 24.4 Å². The summed E-state index contributed by atoms with van der Waals surface area (Å²) < 4.78 is 0. The average Bonchev–Trinajstić information content (AvgIpc) is 3.27. The fourth-order valence-electron chi connectivity index (χ4n) is 3.88. The lowest BCUT2D eigenvalue weighted by atomic mass is 10.1. The number of carbonyl (C=O) groups is 2. The number of anilines is 2. The molecule has 2 heterocycles. The lowest BCUT2D eigenvalue weighted by Crippen LogP contribution is -2.41. The molecule has 1 aliphatic heterocycles. The van der Waals surface area contributed by atoms with Crippen molar-refractivity contribution < 1.29 is 9.59 Å². The molecule has 25 heavy (non-hydrogen) atoms. The zero-order chi connectivity index (χ0) is 17.6. The van der Waals surface area contributed by atoms with Gasteiger partial charge >= 0.3 is 0 Å². The number of nitrogens with two attached hydrogens (primary N) is 1. The highest BCUT2D eigenvalue weighted by Gasteiger charge is 2.30. The molecule has 1 aromatic heterocycles. The van der Waals surface area contributed by atoms with Crippen molar-refractivity contribution in [2.45, 2.75) is 38.6 Å². The van der Waals surface area contributed by atoms with E-state index in [-0.39, 0.29) is 11.9 Å². The molecule has 2 amide bonds. The molecule has 1 aliphatic carbocycles. The minimum absolute atomic E-state index is 0.0980. The molecule has 0 bridgehead atoms. The fourth-order valence-corrected chi connectivity index (χ4v) is 5.17. The maximum atomic E-state index is 12.8. The number of rotatable bonds is 4. The molecule has 130 valence electrons. The van der Waals surface area contributed by atoms with Crippen molar-refractivity contribution in [1.82, 2.24) is 0 Å². The summed E-state index contributed by atoms with van der Waals surface area (Å²) in [5.74, 6) is -0.548. The first-order valence-electron chi connectivity index (χ1n) is 8.66. The Labute approximate surface area is 150 Å². The molecule has 0 saturated heterocycles. The summed E-state index contributed by atoms with van der Waals surface area (Å²) >= 11 is 1.50. The van der Waals surface area contributed by atoms with Crippen LogP contribution in [0.25, 0.3) is 0 Å². The van der Waals surface area contributed by atoms with Crippen LogP contribution in [0.5, 0.6) is 0 Å². The van der Waals surface area contributed by atoms with Gasteiger partial charge in [-0.15, -0.1) is 11.3 Å². The van der Waals surface area contributed by atoms with Crippen molar-refractivity contribution >= 4 is 33.8 Å². The molecule has 2 aliphatic rings. The second-order valence-corrected chi connectivity index (χ2v) is 7.77. The first-order chi connectivity index (χ1) is 12.1. The molecule has 4 rings (SSSR count). The Morgan fingerprint density at radius 1 is 1.24 bits per heavy atom. The van der Waals surface area contributed by atoms with E-state index in [0.717, 1.165) is 43.5 Å². The van der Waals surface area contributed by atoms with Gasteiger partial charge in [0.15, 0.2) is 0 Å². The van der Waals surface area contributed by atoms with Gasteiger partial charge in [0.25, 0.3) is 5.91 Å². The second-order valence-electron chi connectivity index (χ2n) is 6.66. The molecule has 2 aromatic rings. The Morgan fingerprint density at radius 3 is 2.84 bits per heavy atom. The highest BCUT2D eigenvalue weighted by Crippen LogP contribution is 2.39. The number of nitrogens with zero attached hydrogens (tertiary/aromatic N) is 1. The summed E-state index contributed by atoms with van der Waals surface area (Å²) in [5, 5.41) is 3.58. The van der Waals surface area contributed by atoms with Gasteiger partial charge in [-0.05, 0) is 49.8 Å². The fraction of sp³-hybridized carbons (Fsp3) is 0.368. The van der Waals surface area contributed by atoms with Gasteiger partial charge in [0, 0.05) is 17.1 Å². The second kappa shape index (κ2) is 6.19. The van der Waals surface area contributed by atoms with Crippen LogP contribution in [0.4, 0.5) is 10.7 Å². The zero-order valence-corrected chi connectivity index (χ0v) is 15.0. The minimum atomic E-state index is -0.450. The molecule has 1 aromatic carbocycles. The van der Waals surface area contributed by atoms with Crippen molar-refractivity contribution in [2.24, 2.45) is 5.73 Å². The summed E-state index contributed by atoms with van der Waals surface area (Å²) in [7, 11) is 0. The largest absolute Gasteiger partial charge is 0.365 e. The molecular weight excluding hydrogens is 334 g/mol. The monoisotopic (exact) mass is 355 g/mol. The van der Waals surface area contributed by atoms with Crippen molar-refractivity contribution in [2.75, 3.05) is 16.8 Å². The van der Waals surface area contributed by atoms with Crippen LogP contribution in [-0.2, 0) is 24.1 Å². The van der Waals surface area contributed by atoms with E-state index >= 15 is 0 Å². The number of benzene rings is 1. The van der Waals surface area contributed by atoms with Gasteiger partial charge in [0.2, 0.25) is 5.91 Å². The standard InChI is InChI=1S/C19H21N3O2S/c1-11(22-10-9-12-5-2-3-7-14(12)22)18(24)21-19-16(17(20)23)13-6-4-8-15(13)25-19/h2-3,5,7,11H,4,6,8-10H2,1H3,(H2,20,23)(H,21,24)/t11-/m0/s1. The van der Waals surface area contributed by atoms with E-state index in [2.05, 4.69) is 22.3 Å². The summed E-state index contributed by atoms with van der Waals surface area (Å²) in [6.45, 7) is 2.74. The number of primary amides is 1. The molecule has 0 unspecified atom stereocenters. The molecular formula is C19H21N3O2S. The number of para-hydroxylation sites is 1. The van der Waals surface area contributed by atoms with E-state index in [9.17, 15) is 9.59 Å². The smallest absolute Gasteiger partial charge is 0.251 e. The number of aryl methyl sites for hydroxylation is 1. The number of hydrogen-bond donors (Lipinski definition) is 2. The van der Waals surface area contributed by atoms with Crippen LogP contribution >= 0.6 is 11.3 Å². The van der Waals surface area contributed by atoms with Crippen LogP contribution in [0.15, 0.2) is 24.3 Å². The summed E-state index contributed by atoms with van der Waals surface area (Å²) in [4.78, 5) is 28.0. The highest BCUT2D eigenvalue weighted by molar-refractivity contribution is 7.17. The minimum Gasteiger partial charge on any atom is -0.365 e.